The van der Waals surface area contributed by atoms with Gasteiger partial charge in [0.25, 0.3) is 0 Å². The summed E-state index contributed by atoms with van der Waals surface area (Å²) in [5.41, 5.74) is 1.08. The van der Waals surface area contributed by atoms with E-state index in [1.54, 1.807) is 17.2 Å². The monoisotopic (exact) mass is 209 g/mol. The molecule has 0 fully saturated rings. The zero-order chi connectivity index (χ0) is 10.6. The van der Waals surface area contributed by atoms with Gasteiger partial charge in [0.15, 0.2) is 6.29 Å². The third-order valence-corrected chi connectivity index (χ3v) is 1.72. The lowest BCUT2D eigenvalue weighted by atomic mass is 10.2. The lowest BCUT2D eigenvalue weighted by Crippen LogP contribution is -2.04. The molecule has 1 aromatic rings. The Balaban J connectivity index is 3.07. The summed E-state index contributed by atoms with van der Waals surface area (Å²) in [5.74, 6) is 0. The molecular formula is C9H11N3OS. The first-order valence-electron chi connectivity index (χ1n) is 3.98. The summed E-state index contributed by atoms with van der Waals surface area (Å²) in [7, 11) is 3.68. The summed E-state index contributed by atoms with van der Waals surface area (Å²) >= 11 is 4.07. The van der Waals surface area contributed by atoms with Crippen molar-refractivity contribution in [1.82, 2.24) is 14.9 Å². The van der Waals surface area contributed by atoms with Crippen LogP contribution in [0.25, 0.3) is 5.57 Å². The summed E-state index contributed by atoms with van der Waals surface area (Å²) < 4.78 is 0. The first-order valence-corrected chi connectivity index (χ1v) is 4.43. The molecule has 0 unspecified atom stereocenters. The van der Waals surface area contributed by atoms with Gasteiger partial charge in [-0.3, -0.25) is 4.79 Å². The number of carbonyl (C=O) groups excluding carboxylic acids is 1. The summed E-state index contributed by atoms with van der Waals surface area (Å²) in [6.45, 7) is 0. The third-order valence-electron chi connectivity index (χ3n) is 1.47. The Morgan fingerprint density at radius 3 is 2.71 bits per heavy atom. The Bertz CT molecular complexity index is 363. The number of carbonyl (C=O) groups is 1. The normalized spacial score (nSPS) is 11.2. The topological polar surface area (TPSA) is 46.1 Å². The number of rotatable bonds is 3. The fraction of sp³-hybridized carbons (Fsp3) is 0.222. The standard InChI is InChI=1S/C9H11N3OS/c1-12(2)4-7(5-13)8-3-9(14)11-6-10-8/h3-6H,1-2H3,(H,10,11,14)/b7-4-. The zero-order valence-corrected chi connectivity index (χ0v) is 8.90. The number of thiol groups is 1. The predicted octanol–water partition coefficient (Wildman–Crippen LogP) is 0.867. The molecule has 1 heterocycles. The van der Waals surface area contributed by atoms with E-state index in [4.69, 9.17) is 0 Å². The van der Waals surface area contributed by atoms with Gasteiger partial charge in [-0.25, -0.2) is 9.97 Å². The van der Waals surface area contributed by atoms with E-state index in [0.717, 1.165) is 6.29 Å². The second-order valence-corrected chi connectivity index (χ2v) is 3.39. The van der Waals surface area contributed by atoms with Gasteiger partial charge in [-0.1, -0.05) is 0 Å². The molecule has 0 amide bonds. The lowest BCUT2D eigenvalue weighted by molar-refractivity contribution is -0.103. The van der Waals surface area contributed by atoms with Gasteiger partial charge in [-0.05, 0) is 6.07 Å². The Morgan fingerprint density at radius 2 is 2.21 bits per heavy atom. The number of hydrogen-bond acceptors (Lipinski definition) is 5. The molecule has 4 nitrogen and oxygen atoms in total. The van der Waals surface area contributed by atoms with E-state index in [0.29, 0.717) is 16.3 Å². The van der Waals surface area contributed by atoms with E-state index in [-0.39, 0.29) is 0 Å². The Hall–Kier alpha value is -1.36. The molecule has 0 aliphatic rings. The molecule has 0 radical (unpaired) electrons. The molecule has 0 atom stereocenters. The number of aromatic nitrogens is 2. The average Bonchev–Trinajstić information content (AvgIpc) is 2.14. The van der Waals surface area contributed by atoms with Crippen LogP contribution in [0.15, 0.2) is 23.6 Å². The van der Waals surface area contributed by atoms with Gasteiger partial charge in [0.2, 0.25) is 0 Å². The van der Waals surface area contributed by atoms with Crippen LogP contribution in [0, 0.1) is 0 Å². The van der Waals surface area contributed by atoms with Crippen LogP contribution in [0.2, 0.25) is 0 Å². The number of nitrogens with zero attached hydrogens (tertiary/aromatic N) is 3. The van der Waals surface area contributed by atoms with E-state index in [1.807, 2.05) is 14.1 Å². The largest absolute Gasteiger partial charge is 0.383 e. The summed E-state index contributed by atoms with van der Waals surface area (Å²) in [4.78, 5) is 20.4. The molecule has 1 aromatic heterocycles. The Labute approximate surface area is 88.1 Å². The summed E-state index contributed by atoms with van der Waals surface area (Å²) in [6, 6.07) is 1.65. The molecule has 0 aliphatic carbocycles. The highest BCUT2D eigenvalue weighted by Crippen LogP contribution is 2.11. The average molecular weight is 209 g/mol. The van der Waals surface area contributed by atoms with Crippen LogP contribution < -0.4 is 0 Å². The zero-order valence-electron chi connectivity index (χ0n) is 8.01. The first-order chi connectivity index (χ1) is 6.63. The van der Waals surface area contributed by atoms with Crippen molar-refractivity contribution in [1.29, 1.82) is 0 Å². The molecule has 0 N–H and O–H groups in total. The molecule has 0 saturated carbocycles. The maximum absolute atomic E-state index is 10.8. The van der Waals surface area contributed by atoms with Crippen molar-refractivity contribution in [2.24, 2.45) is 0 Å². The molecule has 0 bridgehead atoms. The van der Waals surface area contributed by atoms with Gasteiger partial charge in [-0.15, -0.1) is 12.6 Å². The van der Waals surface area contributed by atoms with Gasteiger partial charge in [0.1, 0.15) is 6.33 Å². The Kier molecular flexibility index (Phi) is 3.64. The van der Waals surface area contributed by atoms with Crippen molar-refractivity contribution < 1.29 is 4.79 Å². The molecule has 74 valence electrons. The quantitative estimate of drug-likeness (QED) is 0.347. The smallest absolute Gasteiger partial charge is 0.153 e. The maximum Gasteiger partial charge on any atom is 0.153 e. The van der Waals surface area contributed by atoms with Gasteiger partial charge in [-0.2, -0.15) is 0 Å². The van der Waals surface area contributed by atoms with Crippen molar-refractivity contribution in [2.45, 2.75) is 5.03 Å². The SMILES string of the molecule is CN(C)/C=C(/C=O)c1cc(S)ncn1. The lowest BCUT2D eigenvalue weighted by Gasteiger charge is -2.06. The fourth-order valence-electron chi connectivity index (χ4n) is 0.940. The van der Waals surface area contributed by atoms with Crippen molar-refractivity contribution in [3.63, 3.8) is 0 Å². The minimum absolute atomic E-state index is 0.507. The highest BCUT2D eigenvalue weighted by molar-refractivity contribution is 7.80. The maximum atomic E-state index is 10.8. The second-order valence-electron chi connectivity index (χ2n) is 2.93. The molecule has 0 spiro atoms. The van der Waals surface area contributed by atoms with Crippen LogP contribution in [-0.4, -0.2) is 35.2 Å². The minimum atomic E-state index is 0.507. The highest BCUT2D eigenvalue weighted by Gasteiger charge is 2.02. The van der Waals surface area contributed by atoms with E-state index in [9.17, 15) is 4.79 Å². The van der Waals surface area contributed by atoms with Crippen LogP contribution in [0.4, 0.5) is 0 Å². The van der Waals surface area contributed by atoms with Crippen LogP contribution in [0.3, 0.4) is 0 Å². The minimum Gasteiger partial charge on any atom is -0.383 e. The second kappa shape index (κ2) is 4.76. The van der Waals surface area contributed by atoms with Gasteiger partial charge < -0.3 is 4.90 Å². The highest BCUT2D eigenvalue weighted by atomic mass is 32.1. The molecule has 1 rings (SSSR count). The van der Waals surface area contributed by atoms with E-state index < -0.39 is 0 Å². The van der Waals surface area contributed by atoms with Crippen LogP contribution >= 0.6 is 12.6 Å². The van der Waals surface area contributed by atoms with E-state index >= 15 is 0 Å². The van der Waals surface area contributed by atoms with Crippen molar-refractivity contribution in [3.05, 3.63) is 24.3 Å². The van der Waals surface area contributed by atoms with Crippen molar-refractivity contribution in [3.8, 4) is 0 Å². The number of aldehydes is 1. The number of hydrogen-bond donors (Lipinski definition) is 1. The van der Waals surface area contributed by atoms with Crippen LogP contribution in [0.5, 0.6) is 0 Å². The summed E-state index contributed by atoms with van der Waals surface area (Å²) in [6.07, 6.45) is 3.84. The molecular weight excluding hydrogens is 198 g/mol. The molecule has 0 aromatic carbocycles. The molecule has 0 aliphatic heterocycles. The van der Waals surface area contributed by atoms with E-state index in [2.05, 4.69) is 22.6 Å². The number of allylic oxidation sites excluding steroid dienone is 1. The van der Waals surface area contributed by atoms with Crippen molar-refractivity contribution in [2.75, 3.05) is 14.1 Å². The Morgan fingerprint density at radius 1 is 1.50 bits per heavy atom. The molecule has 0 saturated heterocycles. The summed E-state index contributed by atoms with van der Waals surface area (Å²) in [5, 5.41) is 0.543. The third kappa shape index (κ3) is 2.85. The van der Waals surface area contributed by atoms with Gasteiger partial charge in [0.05, 0.1) is 16.3 Å². The van der Waals surface area contributed by atoms with Crippen LogP contribution in [0.1, 0.15) is 5.69 Å². The van der Waals surface area contributed by atoms with Gasteiger partial charge in [0, 0.05) is 20.3 Å². The van der Waals surface area contributed by atoms with E-state index in [1.165, 1.54) is 6.33 Å². The van der Waals surface area contributed by atoms with Crippen LogP contribution in [-0.2, 0) is 4.79 Å². The fourth-order valence-corrected chi connectivity index (χ4v) is 1.11. The molecule has 14 heavy (non-hydrogen) atoms. The predicted molar refractivity (Wildman–Crippen MR) is 57.0 cm³/mol. The first kappa shape index (κ1) is 10.7. The molecule has 5 heteroatoms. The van der Waals surface area contributed by atoms with Crippen molar-refractivity contribution >= 4 is 24.5 Å². The van der Waals surface area contributed by atoms with Gasteiger partial charge >= 0.3 is 0 Å².